The van der Waals surface area contributed by atoms with Gasteiger partial charge in [0.05, 0.1) is 11.5 Å². The summed E-state index contributed by atoms with van der Waals surface area (Å²) in [6.07, 6.45) is 0. The lowest BCUT2D eigenvalue weighted by Crippen LogP contribution is -2.33. The molecule has 0 saturated carbocycles. The highest BCUT2D eigenvalue weighted by atomic mass is 79.9. The maximum absolute atomic E-state index is 13.3. The number of nitrogens with two attached hydrogens (primary N) is 1. The number of nitriles is 1. The number of fused-ring (bicyclic) bond motifs is 1. The number of allylic oxidation sites excluding steroid dienone is 1. The van der Waals surface area contributed by atoms with Gasteiger partial charge in [-0.1, -0.05) is 41.9 Å². The third-order valence-electron chi connectivity index (χ3n) is 4.44. The van der Waals surface area contributed by atoms with E-state index in [9.17, 15) is 10.1 Å². The highest BCUT2D eigenvalue weighted by molar-refractivity contribution is 9.10. The molecule has 0 saturated heterocycles. The summed E-state index contributed by atoms with van der Waals surface area (Å²) in [5, 5.41) is 9.65. The van der Waals surface area contributed by atoms with Crippen LogP contribution < -0.4 is 16.0 Å². The molecular weight excluding hydrogens is 394 g/mol. The second-order valence-electron chi connectivity index (χ2n) is 6.85. The summed E-state index contributed by atoms with van der Waals surface area (Å²) < 4.78 is 8.31. The lowest BCUT2D eigenvalue weighted by Gasteiger charge is -2.27. The Labute approximate surface area is 160 Å². The standard InChI is InChI=1S/C20H20BrN3O2/c1-11(2)10-24-12(3)8-16-18(20(24)25)17(15(9-22)19(23)26-16)13-4-6-14(21)7-5-13/h4-8,11,17H,10,23H2,1-3H3. The fourth-order valence-electron chi connectivity index (χ4n) is 3.27. The average Bonchev–Trinajstić information content (AvgIpc) is 2.58. The van der Waals surface area contributed by atoms with Crippen LogP contribution in [0.25, 0.3) is 0 Å². The third kappa shape index (κ3) is 3.15. The van der Waals surface area contributed by atoms with Crippen LogP contribution in [0, 0.1) is 24.2 Å². The molecule has 0 fully saturated rings. The highest BCUT2D eigenvalue weighted by Gasteiger charge is 2.34. The molecule has 0 amide bonds. The molecular formula is C20H20BrN3O2. The molecule has 1 aromatic heterocycles. The quantitative estimate of drug-likeness (QED) is 0.829. The van der Waals surface area contributed by atoms with Crippen molar-refractivity contribution in [2.75, 3.05) is 0 Å². The number of hydrogen-bond acceptors (Lipinski definition) is 4. The fraction of sp³-hybridized carbons (Fsp3) is 0.300. The SMILES string of the molecule is Cc1cc2c(c(=O)n1CC(C)C)C(c1ccc(Br)cc1)C(C#N)=C(N)O2. The van der Waals surface area contributed by atoms with Crippen LogP contribution in [0.4, 0.5) is 0 Å². The minimum Gasteiger partial charge on any atom is -0.440 e. The lowest BCUT2D eigenvalue weighted by atomic mass is 9.84. The van der Waals surface area contributed by atoms with Crippen molar-refractivity contribution in [2.24, 2.45) is 11.7 Å². The molecule has 0 bridgehead atoms. The third-order valence-corrected chi connectivity index (χ3v) is 4.97. The van der Waals surface area contributed by atoms with Gasteiger partial charge in [0.15, 0.2) is 0 Å². The molecule has 0 aliphatic carbocycles. The summed E-state index contributed by atoms with van der Waals surface area (Å²) in [6.45, 7) is 6.60. The molecule has 1 atom stereocenters. The van der Waals surface area contributed by atoms with Gasteiger partial charge in [0.25, 0.3) is 5.56 Å². The van der Waals surface area contributed by atoms with Crippen LogP contribution in [-0.2, 0) is 6.54 Å². The molecule has 5 nitrogen and oxygen atoms in total. The largest absolute Gasteiger partial charge is 0.440 e. The average molecular weight is 414 g/mol. The maximum atomic E-state index is 13.3. The van der Waals surface area contributed by atoms with Crippen molar-refractivity contribution < 1.29 is 4.74 Å². The normalized spacial score (nSPS) is 16.2. The van der Waals surface area contributed by atoms with Crippen LogP contribution in [0.15, 0.2) is 51.1 Å². The molecule has 1 aliphatic rings. The van der Waals surface area contributed by atoms with Crippen LogP contribution in [0.2, 0.25) is 0 Å². The molecule has 3 rings (SSSR count). The number of benzene rings is 1. The van der Waals surface area contributed by atoms with E-state index in [1.807, 2.05) is 37.3 Å². The molecule has 1 unspecified atom stereocenters. The molecule has 2 aromatic rings. The van der Waals surface area contributed by atoms with Gasteiger partial charge in [-0.2, -0.15) is 5.26 Å². The van der Waals surface area contributed by atoms with Crippen molar-refractivity contribution in [3.63, 3.8) is 0 Å². The first-order valence-corrected chi connectivity index (χ1v) is 9.20. The topological polar surface area (TPSA) is 81.0 Å². The van der Waals surface area contributed by atoms with Crippen molar-refractivity contribution >= 4 is 15.9 Å². The van der Waals surface area contributed by atoms with E-state index >= 15 is 0 Å². The summed E-state index contributed by atoms with van der Waals surface area (Å²) in [5.74, 6) is 0.254. The summed E-state index contributed by atoms with van der Waals surface area (Å²) in [6, 6.07) is 11.5. The lowest BCUT2D eigenvalue weighted by molar-refractivity contribution is 0.386. The Balaban J connectivity index is 2.29. The maximum Gasteiger partial charge on any atom is 0.258 e. The van der Waals surface area contributed by atoms with Crippen molar-refractivity contribution in [1.29, 1.82) is 5.26 Å². The highest BCUT2D eigenvalue weighted by Crippen LogP contribution is 2.40. The molecule has 0 radical (unpaired) electrons. The van der Waals surface area contributed by atoms with E-state index in [1.165, 1.54) is 0 Å². The molecule has 1 aliphatic heterocycles. The zero-order chi connectivity index (χ0) is 19.0. The van der Waals surface area contributed by atoms with Gasteiger partial charge in [0.2, 0.25) is 5.88 Å². The minimum absolute atomic E-state index is 0.0494. The number of aryl methyl sites for hydroxylation is 1. The Morgan fingerprint density at radius 1 is 1.35 bits per heavy atom. The fourth-order valence-corrected chi connectivity index (χ4v) is 3.53. The molecule has 26 heavy (non-hydrogen) atoms. The Morgan fingerprint density at radius 2 is 2.00 bits per heavy atom. The predicted octanol–water partition coefficient (Wildman–Crippen LogP) is 3.79. The van der Waals surface area contributed by atoms with Gasteiger partial charge in [0, 0.05) is 22.8 Å². The van der Waals surface area contributed by atoms with Gasteiger partial charge in [-0.15, -0.1) is 0 Å². The predicted molar refractivity (Wildman–Crippen MR) is 104 cm³/mol. The van der Waals surface area contributed by atoms with Gasteiger partial charge < -0.3 is 15.0 Å². The van der Waals surface area contributed by atoms with Crippen LogP contribution >= 0.6 is 15.9 Å². The Kier molecular flexibility index (Phi) is 4.92. The van der Waals surface area contributed by atoms with E-state index in [2.05, 4.69) is 35.8 Å². The Morgan fingerprint density at radius 3 is 2.58 bits per heavy atom. The second-order valence-corrected chi connectivity index (χ2v) is 7.77. The molecule has 6 heteroatoms. The van der Waals surface area contributed by atoms with E-state index in [4.69, 9.17) is 10.5 Å². The van der Waals surface area contributed by atoms with Gasteiger partial charge >= 0.3 is 0 Å². The van der Waals surface area contributed by atoms with Crippen LogP contribution in [0.3, 0.4) is 0 Å². The van der Waals surface area contributed by atoms with Crippen molar-refractivity contribution in [3.8, 4) is 11.8 Å². The van der Waals surface area contributed by atoms with E-state index in [-0.39, 0.29) is 17.0 Å². The zero-order valence-electron chi connectivity index (χ0n) is 14.9. The van der Waals surface area contributed by atoms with Crippen LogP contribution in [0.1, 0.15) is 36.6 Å². The molecule has 2 N–H and O–H groups in total. The Bertz CT molecular complexity index is 982. The van der Waals surface area contributed by atoms with E-state index in [1.54, 1.807) is 4.57 Å². The summed E-state index contributed by atoms with van der Waals surface area (Å²) in [4.78, 5) is 13.3. The number of rotatable bonds is 3. The van der Waals surface area contributed by atoms with Gasteiger partial charge in [-0.05, 0) is 30.5 Å². The number of pyridine rings is 1. The molecule has 0 spiro atoms. The van der Waals surface area contributed by atoms with Crippen LogP contribution in [-0.4, -0.2) is 4.57 Å². The van der Waals surface area contributed by atoms with Crippen LogP contribution in [0.5, 0.6) is 5.75 Å². The number of nitrogens with zero attached hydrogens (tertiary/aromatic N) is 2. The van der Waals surface area contributed by atoms with E-state index in [0.717, 1.165) is 15.7 Å². The van der Waals surface area contributed by atoms with Gasteiger partial charge in [-0.25, -0.2) is 0 Å². The van der Waals surface area contributed by atoms with E-state index in [0.29, 0.717) is 23.8 Å². The smallest absolute Gasteiger partial charge is 0.258 e. The Hall–Kier alpha value is -2.52. The second kappa shape index (κ2) is 7.00. The van der Waals surface area contributed by atoms with E-state index < -0.39 is 5.92 Å². The van der Waals surface area contributed by atoms with Crippen molar-refractivity contribution in [1.82, 2.24) is 4.57 Å². The number of halogens is 1. The minimum atomic E-state index is -0.539. The summed E-state index contributed by atoms with van der Waals surface area (Å²) in [7, 11) is 0. The zero-order valence-corrected chi connectivity index (χ0v) is 16.5. The van der Waals surface area contributed by atoms with Crippen molar-refractivity contribution in [2.45, 2.75) is 33.2 Å². The van der Waals surface area contributed by atoms with Crippen molar-refractivity contribution in [3.05, 3.63) is 73.4 Å². The van der Waals surface area contributed by atoms with Gasteiger partial charge in [-0.3, -0.25) is 4.79 Å². The number of ether oxygens (including phenoxy) is 1. The van der Waals surface area contributed by atoms with Gasteiger partial charge in [0.1, 0.15) is 17.4 Å². The monoisotopic (exact) mass is 413 g/mol. The molecule has 2 heterocycles. The molecule has 134 valence electrons. The first kappa shape index (κ1) is 18.3. The first-order valence-electron chi connectivity index (χ1n) is 8.40. The molecule has 1 aromatic carbocycles. The number of hydrogen-bond donors (Lipinski definition) is 1. The summed E-state index contributed by atoms with van der Waals surface area (Å²) in [5.41, 5.74) is 8.22. The number of aromatic nitrogens is 1. The first-order chi connectivity index (χ1) is 12.3. The summed E-state index contributed by atoms with van der Waals surface area (Å²) >= 11 is 3.42.